The Bertz CT molecular complexity index is 1460. The third kappa shape index (κ3) is 4.56. The fraction of sp³-hybridized carbons (Fsp3) is 0.241. The van der Waals surface area contributed by atoms with Gasteiger partial charge in [0.25, 0.3) is 5.91 Å². The zero-order chi connectivity index (χ0) is 24.6. The Hall–Kier alpha value is -3.42. The van der Waals surface area contributed by atoms with E-state index in [1.165, 1.54) is 16.0 Å². The van der Waals surface area contributed by atoms with Gasteiger partial charge in [-0.25, -0.2) is 4.98 Å². The number of halogens is 1. The second kappa shape index (κ2) is 9.56. The van der Waals surface area contributed by atoms with Gasteiger partial charge in [-0.05, 0) is 55.5 Å². The largest absolute Gasteiger partial charge is 0.454 e. The Kier molecular flexibility index (Phi) is 6.11. The van der Waals surface area contributed by atoms with E-state index in [1.54, 1.807) is 0 Å². The number of nitrogens with one attached hydrogen (secondary N) is 1. The minimum absolute atomic E-state index is 0.0662. The molecule has 36 heavy (non-hydrogen) atoms. The van der Waals surface area contributed by atoms with E-state index in [-0.39, 0.29) is 12.7 Å². The number of carbonyl (C=O) groups is 1. The Labute approximate surface area is 218 Å². The van der Waals surface area contributed by atoms with Gasteiger partial charge in [-0.15, -0.1) is 0 Å². The summed E-state index contributed by atoms with van der Waals surface area (Å²) in [5, 5.41) is 0.876. The first-order valence-corrected chi connectivity index (χ1v) is 13.0. The number of aromatic nitrogens is 1. The average molecular weight is 545 g/mol. The Morgan fingerprint density at radius 3 is 2.67 bits per heavy atom. The van der Waals surface area contributed by atoms with Crippen molar-refractivity contribution in [1.29, 1.82) is 0 Å². The summed E-state index contributed by atoms with van der Waals surface area (Å²) >= 11 is 3.57. The molecule has 1 fully saturated rings. The number of fused-ring (bicyclic) bond motifs is 2. The number of nitrogens with zero attached hydrogens (tertiary/aromatic N) is 2. The van der Waals surface area contributed by atoms with Crippen LogP contribution in [0.2, 0.25) is 0 Å². The van der Waals surface area contributed by atoms with Crippen molar-refractivity contribution in [3.8, 4) is 22.8 Å². The van der Waals surface area contributed by atoms with Crippen LogP contribution < -0.4 is 14.4 Å². The normalized spacial score (nSPS) is 15.4. The fourth-order valence-corrected chi connectivity index (χ4v) is 5.40. The molecule has 1 saturated heterocycles. The van der Waals surface area contributed by atoms with Crippen LogP contribution in [0.4, 0.5) is 0 Å². The molecule has 1 N–H and O–H groups in total. The lowest BCUT2D eigenvalue weighted by atomic mass is 10.0. The molecule has 4 aromatic rings. The van der Waals surface area contributed by atoms with Crippen LogP contribution in [0, 0.1) is 6.92 Å². The van der Waals surface area contributed by atoms with Crippen LogP contribution in [-0.2, 0) is 6.54 Å². The topological polar surface area (TPSA) is 56.1 Å². The molecule has 0 bridgehead atoms. The number of aryl methyl sites for hydroxylation is 1. The lowest BCUT2D eigenvalue weighted by Crippen LogP contribution is -3.13. The molecular formula is C29H27BrN3O3+. The van der Waals surface area contributed by atoms with Gasteiger partial charge < -0.3 is 19.3 Å². The molecule has 0 spiro atoms. The van der Waals surface area contributed by atoms with Crippen LogP contribution in [0.1, 0.15) is 21.5 Å². The number of benzene rings is 3. The summed E-state index contributed by atoms with van der Waals surface area (Å²) in [5.74, 6) is 1.70. The van der Waals surface area contributed by atoms with Crippen LogP contribution in [0.3, 0.4) is 0 Å². The van der Waals surface area contributed by atoms with E-state index in [0.717, 1.165) is 70.9 Å². The molecule has 6 nitrogen and oxygen atoms in total. The smallest absolute Gasteiger partial charge is 0.255 e. The first-order chi connectivity index (χ1) is 17.5. The van der Waals surface area contributed by atoms with Gasteiger partial charge in [-0.3, -0.25) is 4.79 Å². The number of hydrogen-bond donors (Lipinski definition) is 1. The summed E-state index contributed by atoms with van der Waals surface area (Å²) in [6, 6.07) is 22.3. The highest BCUT2D eigenvalue weighted by atomic mass is 79.9. The first-order valence-electron chi connectivity index (χ1n) is 12.2. The third-order valence-electron chi connectivity index (χ3n) is 6.96. The van der Waals surface area contributed by atoms with Crippen LogP contribution in [0.25, 0.3) is 22.2 Å². The van der Waals surface area contributed by atoms with E-state index >= 15 is 0 Å². The minimum atomic E-state index is 0.0662. The quantitative estimate of drug-likeness (QED) is 0.417. The predicted octanol–water partition coefficient (Wildman–Crippen LogP) is 4.24. The van der Waals surface area contributed by atoms with Gasteiger partial charge in [0.2, 0.25) is 6.79 Å². The number of carbonyl (C=O) groups excluding carboxylic acids is 1. The van der Waals surface area contributed by atoms with Gasteiger partial charge in [-0.1, -0.05) is 39.7 Å². The number of amides is 1. The Morgan fingerprint density at radius 2 is 1.83 bits per heavy atom. The molecule has 3 heterocycles. The average Bonchev–Trinajstić information content (AvgIpc) is 3.36. The molecular weight excluding hydrogens is 518 g/mol. The van der Waals surface area contributed by atoms with E-state index < -0.39 is 0 Å². The van der Waals surface area contributed by atoms with E-state index in [4.69, 9.17) is 14.5 Å². The molecule has 3 aromatic carbocycles. The molecule has 0 unspecified atom stereocenters. The second-order valence-corrected chi connectivity index (χ2v) is 10.4. The molecule has 2 aliphatic rings. The number of piperazine rings is 1. The summed E-state index contributed by atoms with van der Waals surface area (Å²) < 4.78 is 11.9. The summed E-state index contributed by atoms with van der Waals surface area (Å²) in [7, 11) is 0. The van der Waals surface area contributed by atoms with Gasteiger partial charge in [0.1, 0.15) is 6.54 Å². The molecule has 0 radical (unpaired) electrons. The Balaban J connectivity index is 1.23. The lowest BCUT2D eigenvalue weighted by molar-refractivity contribution is -0.917. The molecule has 7 heteroatoms. The van der Waals surface area contributed by atoms with Gasteiger partial charge in [0.05, 0.1) is 43.0 Å². The van der Waals surface area contributed by atoms with E-state index in [0.29, 0.717) is 5.56 Å². The number of hydrogen-bond acceptors (Lipinski definition) is 4. The predicted molar refractivity (Wildman–Crippen MR) is 142 cm³/mol. The molecule has 0 atom stereocenters. The molecule has 0 aliphatic carbocycles. The Morgan fingerprint density at radius 1 is 1.00 bits per heavy atom. The zero-order valence-electron chi connectivity index (χ0n) is 20.1. The van der Waals surface area contributed by atoms with Crippen molar-refractivity contribution in [2.75, 3.05) is 33.0 Å². The maximum atomic E-state index is 13.8. The first kappa shape index (κ1) is 23.0. The SMILES string of the molecule is Cc1cccc(-c2cc(C(=O)N3CC[NH+](Cc4ccc5c(c4)OCO5)CC3)c3cc(Br)ccc3n2)c1. The van der Waals surface area contributed by atoms with Crippen molar-refractivity contribution in [2.45, 2.75) is 13.5 Å². The summed E-state index contributed by atoms with van der Waals surface area (Å²) in [5.41, 5.74) is 5.77. The van der Waals surface area contributed by atoms with E-state index in [2.05, 4.69) is 47.1 Å². The number of pyridine rings is 1. The van der Waals surface area contributed by atoms with Gasteiger partial charge in [-0.2, -0.15) is 0 Å². The zero-order valence-corrected chi connectivity index (χ0v) is 21.7. The van der Waals surface area contributed by atoms with Crippen molar-refractivity contribution in [2.24, 2.45) is 0 Å². The molecule has 182 valence electrons. The van der Waals surface area contributed by atoms with Crippen molar-refractivity contribution in [3.63, 3.8) is 0 Å². The van der Waals surface area contributed by atoms with Crippen LogP contribution in [-0.4, -0.2) is 48.8 Å². The van der Waals surface area contributed by atoms with Crippen molar-refractivity contribution in [1.82, 2.24) is 9.88 Å². The summed E-state index contributed by atoms with van der Waals surface area (Å²) in [6.45, 7) is 6.50. The van der Waals surface area contributed by atoms with Crippen molar-refractivity contribution >= 4 is 32.7 Å². The highest BCUT2D eigenvalue weighted by Crippen LogP contribution is 2.32. The maximum Gasteiger partial charge on any atom is 0.255 e. The maximum absolute atomic E-state index is 13.8. The number of ether oxygens (including phenoxy) is 2. The fourth-order valence-electron chi connectivity index (χ4n) is 5.04. The van der Waals surface area contributed by atoms with E-state index in [1.807, 2.05) is 47.4 Å². The summed E-state index contributed by atoms with van der Waals surface area (Å²) in [4.78, 5) is 22.1. The van der Waals surface area contributed by atoms with Gasteiger partial charge in [0.15, 0.2) is 11.5 Å². The monoisotopic (exact) mass is 544 g/mol. The lowest BCUT2D eigenvalue weighted by Gasteiger charge is -2.32. The van der Waals surface area contributed by atoms with Crippen LogP contribution >= 0.6 is 15.9 Å². The highest BCUT2D eigenvalue weighted by Gasteiger charge is 2.27. The van der Waals surface area contributed by atoms with Crippen molar-refractivity contribution < 1.29 is 19.2 Å². The highest BCUT2D eigenvalue weighted by molar-refractivity contribution is 9.10. The molecule has 2 aliphatic heterocycles. The molecule has 0 saturated carbocycles. The number of quaternary nitrogens is 1. The second-order valence-electron chi connectivity index (χ2n) is 9.49. The standard InChI is InChI=1S/C29H26BrN3O3/c1-19-3-2-4-21(13-19)26-16-24(23-15-22(30)6-7-25(23)31-26)29(34)33-11-9-32(10-12-33)17-20-5-8-27-28(14-20)36-18-35-27/h2-8,13-16H,9-12,17-18H2,1H3/p+1. The van der Waals surface area contributed by atoms with E-state index in [9.17, 15) is 4.79 Å². The molecule has 1 aromatic heterocycles. The van der Waals surface area contributed by atoms with Gasteiger partial charge in [0, 0.05) is 21.0 Å². The van der Waals surface area contributed by atoms with Crippen LogP contribution in [0.5, 0.6) is 11.5 Å². The third-order valence-corrected chi connectivity index (χ3v) is 7.46. The number of rotatable bonds is 4. The van der Waals surface area contributed by atoms with Crippen molar-refractivity contribution in [3.05, 3.63) is 87.9 Å². The molecule has 6 rings (SSSR count). The summed E-state index contributed by atoms with van der Waals surface area (Å²) in [6.07, 6.45) is 0. The molecule has 1 amide bonds. The van der Waals surface area contributed by atoms with Gasteiger partial charge >= 0.3 is 0 Å². The van der Waals surface area contributed by atoms with Crippen LogP contribution in [0.15, 0.2) is 71.2 Å². The minimum Gasteiger partial charge on any atom is -0.454 e.